The van der Waals surface area contributed by atoms with Crippen LogP contribution in [-0.4, -0.2) is 20.4 Å². The highest BCUT2D eigenvalue weighted by Crippen LogP contribution is 2.23. The number of sulfonamides is 1. The van der Waals surface area contributed by atoms with Gasteiger partial charge in [0.25, 0.3) is 15.9 Å². The van der Waals surface area contributed by atoms with Gasteiger partial charge in [0, 0.05) is 6.04 Å². The maximum atomic E-state index is 12.9. The molecule has 0 aliphatic rings. The zero-order chi connectivity index (χ0) is 19.4. The Bertz CT molecular complexity index is 1080. The van der Waals surface area contributed by atoms with Gasteiger partial charge in [-0.3, -0.25) is 9.52 Å². The van der Waals surface area contributed by atoms with Crippen LogP contribution in [0.1, 0.15) is 30.6 Å². The molecule has 2 N–H and O–H groups in total. The molecule has 5 nitrogen and oxygen atoms in total. The Morgan fingerprint density at radius 2 is 1.63 bits per heavy atom. The largest absolute Gasteiger partial charge is 0.350 e. The number of benzene rings is 3. The van der Waals surface area contributed by atoms with Gasteiger partial charge in [-0.25, -0.2) is 8.42 Å². The van der Waals surface area contributed by atoms with Gasteiger partial charge in [0.05, 0.1) is 16.1 Å². The molecule has 27 heavy (non-hydrogen) atoms. The van der Waals surface area contributed by atoms with Crippen molar-refractivity contribution in [1.29, 1.82) is 0 Å². The molecule has 0 spiro atoms. The maximum absolute atomic E-state index is 12.9. The summed E-state index contributed by atoms with van der Waals surface area (Å²) in [6, 6.07) is 19.1. The molecule has 1 atom stereocenters. The lowest BCUT2D eigenvalue weighted by molar-refractivity contribution is 0.0940. The van der Waals surface area contributed by atoms with Crippen LogP contribution in [0.25, 0.3) is 10.8 Å². The van der Waals surface area contributed by atoms with E-state index in [0.29, 0.717) is 5.56 Å². The second-order valence-electron chi connectivity index (χ2n) is 6.44. The summed E-state index contributed by atoms with van der Waals surface area (Å²) in [5, 5.41) is 4.66. The van der Waals surface area contributed by atoms with Crippen molar-refractivity contribution in [3.63, 3.8) is 0 Å². The number of nitrogens with one attached hydrogen (secondary N) is 2. The van der Waals surface area contributed by atoms with Crippen LogP contribution in [0.5, 0.6) is 0 Å². The lowest BCUT2D eigenvalue weighted by Gasteiger charge is -2.15. The van der Waals surface area contributed by atoms with E-state index in [4.69, 9.17) is 0 Å². The first-order chi connectivity index (χ1) is 12.9. The molecule has 1 amide bonds. The zero-order valence-corrected chi connectivity index (χ0v) is 16.1. The molecule has 0 heterocycles. The number of carbonyl (C=O) groups is 1. The van der Waals surface area contributed by atoms with E-state index < -0.39 is 10.0 Å². The van der Waals surface area contributed by atoms with Crippen LogP contribution in [-0.2, 0) is 10.0 Å². The second-order valence-corrected chi connectivity index (χ2v) is 8.13. The van der Waals surface area contributed by atoms with Crippen LogP contribution >= 0.6 is 0 Å². The quantitative estimate of drug-likeness (QED) is 0.672. The fraction of sp³-hybridized carbons (Fsp3) is 0.190. The molecule has 3 aromatic rings. The van der Waals surface area contributed by atoms with Crippen LogP contribution in [0.2, 0.25) is 0 Å². The van der Waals surface area contributed by atoms with Crippen molar-refractivity contribution in [1.82, 2.24) is 5.32 Å². The standard InChI is InChI=1S/C21H22N2O3S/c1-3-15(2)22-21(24)19-10-6-7-11-20(19)23-27(25,26)18-13-12-16-8-4-5-9-17(16)14-18/h4-15,23H,3H2,1-2H3,(H,22,24)/t15-/m1/s1. The van der Waals surface area contributed by atoms with Crippen LogP contribution in [0.3, 0.4) is 0 Å². The number of fused-ring (bicyclic) bond motifs is 1. The van der Waals surface area contributed by atoms with Gasteiger partial charge in [-0.2, -0.15) is 0 Å². The average molecular weight is 382 g/mol. The molecular weight excluding hydrogens is 360 g/mol. The Balaban J connectivity index is 1.92. The number of amides is 1. The molecule has 3 aromatic carbocycles. The third kappa shape index (κ3) is 4.28. The summed E-state index contributed by atoms with van der Waals surface area (Å²) < 4.78 is 28.3. The summed E-state index contributed by atoms with van der Waals surface area (Å²) in [6.07, 6.45) is 0.788. The number of rotatable bonds is 6. The third-order valence-electron chi connectivity index (χ3n) is 4.44. The minimum Gasteiger partial charge on any atom is -0.350 e. The molecule has 3 rings (SSSR count). The first-order valence-corrected chi connectivity index (χ1v) is 10.3. The second kappa shape index (κ2) is 7.80. The molecule has 0 saturated carbocycles. The summed E-state index contributed by atoms with van der Waals surface area (Å²) >= 11 is 0. The fourth-order valence-corrected chi connectivity index (χ4v) is 3.83. The van der Waals surface area contributed by atoms with Gasteiger partial charge >= 0.3 is 0 Å². The van der Waals surface area contributed by atoms with Gasteiger partial charge in [0.15, 0.2) is 0 Å². The molecule has 0 bridgehead atoms. The van der Waals surface area contributed by atoms with E-state index in [1.165, 1.54) is 0 Å². The molecule has 0 aromatic heterocycles. The smallest absolute Gasteiger partial charge is 0.261 e. The van der Waals surface area contributed by atoms with E-state index in [0.717, 1.165) is 17.2 Å². The predicted octanol–water partition coefficient (Wildman–Crippen LogP) is 4.17. The number of anilines is 1. The first-order valence-electron chi connectivity index (χ1n) is 8.82. The van der Waals surface area contributed by atoms with Crippen molar-refractivity contribution in [3.05, 3.63) is 72.3 Å². The molecule has 0 fully saturated rings. The Morgan fingerprint density at radius 3 is 2.37 bits per heavy atom. The summed E-state index contributed by atoms with van der Waals surface area (Å²) in [5.41, 5.74) is 0.550. The Morgan fingerprint density at radius 1 is 0.963 bits per heavy atom. The normalized spacial score (nSPS) is 12.5. The summed E-state index contributed by atoms with van der Waals surface area (Å²) in [6.45, 7) is 3.87. The minimum absolute atomic E-state index is 0.00245. The van der Waals surface area contributed by atoms with E-state index in [-0.39, 0.29) is 22.5 Å². The minimum atomic E-state index is -3.82. The summed E-state index contributed by atoms with van der Waals surface area (Å²) in [7, 11) is -3.82. The van der Waals surface area contributed by atoms with Crippen LogP contribution in [0.4, 0.5) is 5.69 Å². The van der Waals surface area contributed by atoms with Crippen LogP contribution in [0, 0.1) is 0 Å². The molecular formula is C21H22N2O3S. The fourth-order valence-electron chi connectivity index (χ4n) is 2.71. The molecule has 0 saturated heterocycles. The number of para-hydroxylation sites is 1. The van der Waals surface area contributed by atoms with Gasteiger partial charge < -0.3 is 5.32 Å². The van der Waals surface area contributed by atoms with Gasteiger partial charge in [0.1, 0.15) is 0 Å². The predicted molar refractivity (Wildman–Crippen MR) is 108 cm³/mol. The van der Waals surface area contributed by atoms with Gasteiger partial charge in [-0.1, -0.05) is 49.4 Å². The topological polar surface area (TPSA) is 75.3 Å². The monoisotopic (exact) mass is 382 g/mol. The molecule has 140 valence electrons. The highest BCUT2D eigenvalue weighted by molar-refractivity contribution is 7.92. The van der Waals surface area contributed by atoms with Crippen LogP contribution in [0.15, 0.2) is 71.6 Å². The van der Waals surface area contributed by atoms with Crippen molar-refractivity contribution < 1.29 is 13.2 Å². The van der Waals surface area contributed by atoms with E-state index in [2.05, 4.69) is 10.0 Å². The highest BCUT2D eigenvalue weighted by Gasteiger charge is 2.19. The van der Waals surface area contributed by atoms with Crippen LogP contribution < -0.4 is 10.0 Å². The van der Waals surface area contributed by atoms with Crippen molar-refractivity contribution in [2.24, 2.45) is 0 Å². The molecule has 0 radical (unpaired) electrons. The molecule has 6 heteroatoms. The zero-order valence-electron chi connectivity index (χ0n) is 15.3. The van der Waals surface area contributed by atoms with Crippen molar-refractivity contribution in [2.75, 3.05) is 4.72 Å². The third-order valence-corrected chi connectivity index (χ3v) is 5.80. The number of hydrogen-bond donors (Lipinski definition) is 2. The van der Waals surface area contributed by atoms with Crippen molar-refractivity contribution >= 4 is 32.4 Å². The highest BCUT2D eigenvalue weighted by atomic mass is 32.2. The van der Waals surface area contributed by atoms with Gasteiger partial charge in [-0.15, -0.1) is 0 Å². The Hall–Kier alpha value is -2.86. The molecule has 0 aliphatic carbocycles. The molecule has 0 aliphatic heterocycles. The van der Waals surface area contributed by atoms with Crippen molar-refractivity contribution in [3.8, 4) is 0 Å². The average Bonchev–Trinajstić information content (AvgIpc) is 2.67. The Kier molecular flexibility index (Phi) is 5.46. The van der Waals surface area contributed by atoms with E-state index >= 15 is 0 Å². The van der Waals surface area contributed by atoms with E-state index in [1.54, 1.807) is 42.5 Å². The summed E-state index contributed by atoms with van der Waals surface area (Å²) in [4.78, 5) is 12.6. The van der Waals surface area contributed by atoms with Gasteiger partial charge in [0.2, 0.25) is 0 Å². The Labute approximate surface area is 159 Å². The lowest BCUT2D eigenvalue weighted by atomic mass is 10.1. The SMILES string of the molecule is CC[C@@H](C)NC(=O)c1ccccc1NS(=O)(=O)c1ccc2ccccc2c1. The van der Waals surface area contributed by atoms with E-state index in [1.807, 2.05) is 38.1 Å². The molecule has 0 unspecified atom stereocenters. The van der Waals surface area contributed by atoms with Crippen molar-refractivity contribution in [2.45, 2.75) is 31.2 Å². The maximum Gasteiger partial charge on any atom is 0.261 e. The number of carbonyl (C=O) groups excluding carboxylic acids is 1. The van der Waals surface area contributed by atoms with Gasteiger partial charge in [-0.05, 0) is 48.4 Å². The van der Waals surface area contributed by atoms with E-state index in [9.17, 15) is 13.2 Å². The number of hydrogen-bond acceptors (Lipinski definition) is 3. The lowest BCUT2D eigenvalue weighted by Crippen LogP contribution is -2.32. The first kappa shape index (κ1) is 18.9. The summed E-state index contributed by atoms with van der Waals surface area (Å²) in [5.74, 6) is -0.304.